The molecule has 0 spiro atoms. The van der Waals surface area contributed by atoms with Crippen molar-refractivity contribution >= 4 is 28.9 Å². The Morgan fingerprint density at radius 3 is 2.04 bits per heavy atom. The SMILES string of the molecule is CC(=O)Nc1ccc(NC(=O)CN[C@H](C)c2ccc([N+](=O)[O-])cc2)cc1. The Morgan fingerprint density at radius 2 is 1.54 bits per heavy atom. The molecule has 8 heteroatoms. The van der Waals surface area contributed by atoms with Crippen molar-refractivity contribution in [1.29, 1.82) is 0 Å². The molecule has 2 amide bonds. The standard InChI is InChI=1S/C18H20N4O4/c1-12(14-3-9-17(10-4-14)22(25)26)19-11-18(24)21-16-7-5-15(6-8-16)20-13(2)23/h3-10,12,19H,11H2,1-2H3,(H,20,23)(H,21,24)/t12-/m1/s1. The zero-order chi connectivity index (χ0) is 19.1. The van der Waals surface area contributed by atoms with Gasteiger partial charge in [-0.05, 0) is 36.8 Å². The van der Waals surface area contributed by atoms with E-state index >= 15 is 0 Å². The van der Waals surface area contributed by atoms with Gasteiger partial charge in [-0.1, -0.05) is 12.1 Å². The van der Waals surface area contributed by atoms with Crippen molar-refractivity contribution < 1.29 is 14.5 Å². The number of benzene rings is 2. The minimum absolute atomic E-state index is 0.0291. The highest BCUT2D eigenvalue weighted by atomic mass is 16.6. The van der Waals surface area contributed by atoms with Crippen molar-refractivity contribution in [2.24, 2.45) is 0 Å². The Labute approximate surface area is 150 Å². The Kier molecular flexibility index (Phi) is 6.40. The number of carbonyl (C=O) groups is 2. The van der Waals surface area contributed by atoms with Crippen LogP contribution in [0.2, 0.25) is 0 Å². The lowest BCUT2D eigenvalue weighted by molar-refractivity contribution is -0.384. The number of non-ortho nitro benzene ring substituents is 1. The van der Waals surface area contributed by atoms with Crippen LogP contribution >= 0.6 is 0 Å². The van der Waals surface area contributed by atoms with Crippen molar-refractivity contribution in [3.8, 4) is 0 Å². The van der Waals surface area contributed by atoms with Crippen LogP contribution < -0.4 is 16.0 Å². The van der Waals surface area contributed by atoms with Crippen molar-refractivity contribution in [2.45, 2.75) is 19.9 Å². The largest absolute Gasteiger partial charge is 0.326 e. The summed E-state index contributed by atoms with van der Waals surface area (Å²) < 4.78 is 0. The number of nitro benzene ring substituents is 1. The van der Waals surface area contributed by atoms with Crippen LogP contribution in [0.4, 0.5) is 17.1 Å². The van der Waals surface area contributed by atoms with Crippen molar-refractivity contribution in [2.75, 3.05) is 17.2 Å². The van der Waals surface area contributed by atoms with E-state index in [-0.39, 0.29) is 30.1 Å². The molecule has 0 fully saturated rings. The maximum Gasteiger partial charge on any atom is 0.269 e. The van der Waals surface area contributed by atoms with Gasteiger partial charge in [0.2, 0.25) is 11.8 Å². The second-order valence-electron chi connectivity index (χ2n) is 5.76. The van der Waals surface area contributed by atoms with Crippen LogP contribution in [0.25, 0.3) is 0 Å². The molecule has 1 atom stereocenters. The number of anilines is 2. The number of carbonyl (C=O) groups excluding carboxylic acids is 2. The van der Waals surface area contributed by atoms with E-state index < -0.39 is 4.92 Å². The Morgan fingerprint density at radius 1 is 1.00 bits per heavy atom. The number of nitro groups is 1. The van der Waals surface area contributed by atoms with E-state index in [0.29, 0.717) is 11.4 Å². The van der Waals surface area contributed by atoms with E-state index in [9.17, 15) is 19.7 Å². The predicted molar refractivity (Wildman–Crippen MR) is 98.9 cm³/mol. The van der Waals surface area contributed by atoms with Crippen LogP contribution in [0.5, 0.6) is 0 Å². The minimum atomic E-state index is -0.452. The zero-order valence-corrected chi connectivity index (χ0v) is 14.5. The van der Waals surface area contributed by atoms with Gasteiger partial charge in [0.15, 0.2) is 0 Å². The van der Waals surface area contributed by atoms with Gasteiger partial charge in [0.1, 0.15) is 0 Å². The van der Waals surface area contributed by atoms with E-state index in [4.69, 9.17) is 0 Å². The molecule has 0 aromatic heterocycles. The molecule has 8 nitrogen and oxygen atoms in total. The van der Waals surface area contributed by atoms with Crippen molar-refractivity contribution in [1.82, 2.24) is 5.32 Å². The summed E-state index contributed by atoms with van der Waals surface area (Å²) in [4.78, 5) is 33.2. The summed E-state index contributed by atoms with van der Waals surface area (Å²) >= 11 is 0. The van der Waals surface area contributed by atoms with Gasteiger partial charge in [0.05, 0.1) is 11.5 Å². The number of rotatable bonds is 7. The van der Waals surface area contributed by atoms with Crippen LogP contribution in [0.15, 0.2) is 48.5 Å². The molecular weight excluding hydrogens is 336 g/mol. The second-order valence-corrected chi connectivity index (χ2v) is 5.76. The van der Waals surface area contributed by atoms with E-state index in [1.807, 2.05) is 6.92 Å². The lowest BCUT2D eigenvalue weighted by Gasteiger charge is -2.14. The fourth-order valence-electron chi connectivity index (χ4n) is 2.29. The molecule has 2 rings (SSSR count). The monoisotopic (exact) mass is 356 g/mol. The molecule has 0 aliphatic carbocycles. The number of hydrogen-bond acceptors (Lipinski definition) is 5. The highest BCUT2D eigenvalue weighted by Crippen LogP contribution is 2.17. The van der Waals surface area contributed by atoms with Crippen LogP contribution in [0, 0.1) is 10.1 Å². The summed E-state index contributed by atoms with van der Waals surface area (Å²) in [7, 11) is 0. The minimum Gasteiger partial charge on any atom is -0.326 e. The number of hydrogen-bond donors (Lipinski definition) is 3. The highest BCUT2D eigenvalue weighted by molar-refractivity contribution is 5.93. The maximum absolute atomic E-state index is 12.0. The molecular formula is C18H20N4O4. The third kappa shape index (κ3) is 5.67. The van der Waals surface area contributed by atoms with Gasteiger partial charge >= 0.3 is 0 Å². The highest BCUT2D eigenvalue weighted by Gasteiger charge is 2.10. The average molecular weight is 356 g/mol. The summed E-state index contributed by atoms with van der Waals surface area (Å²) in [6.45, 7) is 3.38. The van der Waals surface area contributed by atoms with Gasteiger partial charge in [0.25, 0.3) is 5.69 Å². The summed E-state index contributed by atoms with van der Waals surface area (Å²) in [5, 5.41) is 19.1. The smallest absolute Gasteiger partial charge is 0.269 e. The normalized spacial score (nSPS) is 11.5. The van der Waals surface area contributed by atoms with E-state index in [1.165, 1.54) is 19.1 Å². The third-order valence-corrected chi connectivity index (χ3v) is 3.66. The van der Waals surface area contributed by atoms with Crippen LogP contribution in [0.3, 0.4) is 0 Å². The third-order valence-electron chi connectivity index (χ3n) is 3.66. The number of nitrogens with zero attached hydrogens (tertiary/aromatic N) is 1. The average Bonchev–Trinajstić information content (AvgIpc) is 2.61. The molecule has 2 aromatic rings. The topological polar surface area (TPSA) is 113 Å². The quantitative estimate of drug-likeness (QED) is 0.521. The molecule has 0 radical (unpaired) electrons. The molecule has 3 N–H and O–H groups in total. The first-order valence-corrected chi connectivity index (χ1v) is 8.00. The van der Waals surface area contributed by atoms with Crippen molar-refractivity contribution in [3.63, 3.8) is 0 Å². The van der Waals surface area contributed by atoms with E-state index in [1.54, 1.807) is 36.4 Å². The molecule has 0 aliphatic rings. The molecule has 0 aliphatic heterocycles. The van der Waals surface area contributed by atoms with Crippen LogP contribution in [0.1, 0.15) is 25.5 Å². The van der Waals surface area contributed by atoms with Gasteiger partial charge in [-0.25, -0.2) is 0 Å². The lowest BCUT2D eigenvalue weighted by atomic mass is 10.1. The van der Waals surface area contributed by atoms with Gasteiger partial charge in [-0.3, -0.25) is 19.7 Å². The van der Waals surface area contributed by atoms with Gasteiger partial charge in [-0.2, -0.15) is 0 Å². The molecule has 136 valence electrons. The predicted octanol–water partition coefficient (Wildman–Crippen LogP) is 2.84. The van der Waals surface area contributed by atoms with Crippen LogP contribution in [-0.2, 0) is 9.59 Å². The molecule has 0 saturated carbocycles. The Bertz CT molecular complexity index is 788. The van der Waals surface area contributed by atoms with E-state index in [2.05, 4.69) is 16.0 Å². The van der Waals surface area contributed by atoms with Gasteiger partial charge in [-0.15, -0.1) is 0 Å². The zero-order valence-electron chi connectivity index (χ0n) is 14.5. The van der Waals surface area contributed by atoms with E-state index in [0.717, 1.165) is 5.56 Å². The second kappa shape index (κ2) is 8.72. The molecule has 2 aromatic carbocycles. The first-order chi connectivity index (χ1) is 12.3. The van der Waals surface area contributed by atoms with Crippen molar-refractivity contribution in [3.05, 3.63) is 64.2 Å². The lowest BCUT2D eigenvalue weighted by Crippen LogP contribution is -2.30. The first-order valence-electron chi connectivity index (χ1n) is 8.00. The number of amides is 2. The summed E-state index contributed by atoms with van der Waals surface area (Å²) in [6.07, 6.45) is 0. The summed E-state index contributed by atoms with van der Waals surface area (Å²) in [5.74, 6) is -0.378. The molecule has 0 unspecified atom stereocenters. The molecule has 0 saturated heterocycles. The van der Waals surface area contributed by atoms with Gasteiger partial charge in [0, 0.05) is 36.5 Å². The summed E-state index contributed by atoms with van der Waals surface area (Å²) in [6, 6.07) is 12.8. The Balaban J connectivity index is 1.84. The van der Waals surface area contributed by atoms with Crippen LogP contribution in [-0.4, -0.2) is 23.3 Å². The fourth-order valence-corrected chi connectivity index (χ4v) is 2.29. The molecule has 0 bridgehead atoms. The maximum atomic E-state index is 12.0. The van der Waals surface area contributed by atoms with Gasteiger partial charge < -0.3 is 16.0 Å². The number of nitrogens with one attached hydrogen (secondary N) is 3. The fraction of sp³-hybridized carbons (Fsp3) is 0.222. The first kappa shape index (κ1) is 19.1. The Hall–Kier alpha value is -3.26. The molecule has 26 heavy (non-hydrogen) atoms. The molecule has 0 heterocycles. The summed E-state index contributed by atoms with van der Waals surface area (Å²) in [5.41, 5.74) is 2.15.